The highest BCUT2D eigenvalue weighted by atomic mass is 32.2. The highest BCUT2D eigenvalue weighted by molar-refractivity contribution is 7.89. The molecule has 7 heteroatoms. The molecule has 1 rings (SSSR count). The van der Waals surface area contributed by atoms with E-state index in [1.165, 1.54) is 6.07 Å². The van der Waals surface area contributed by atoms with Crippen molar-refractivity contribution < 1.29 is 17.2 Å². The summed E-state index contributed by atoms with van der Waals surface area (Å²) in [6.07, 6.45) is 0. The molecule has 0 aliphatic heterocycles. The Labute approximate surface area is 112 Å². The summed E-state index contributed by atoms with van der Waals surface area (Å²) in [5, 5.41) is 2.99. The average Bonchev–Trinajstić information content (AvgIpc) is 2.30. The molecule has 0 aliphatic carbocycles. The predicted octanol–water partition coefficient (Wildman–Crippen LogP) is 1.38. The molecule has 0 radical (unpaired) electrons. The SMILES string of the molecule is CC(C)NCCS(=O)(=O)NCc1ccc(F)c(F)c1. The molecule has 0 bridgehead atoms. The zero-order chi connectivity index (χ0) is 14.5. The second-order valence-corrected chi connectivity index (χ2v) is 6.42. The number of halogens is 2. The summed E-state index contributed by atoms with van der Waals surface area (Å²) in [7, 11) is -3.43. The van der Waals surface area contributed by atoms with Crippen molar-refractivity contribution in [1.82, 2.24) is 10.0 Å². The van der Waals surface area contributed by atoms with E-state index in [1.807, 2.05) is 13.8 Å². The molecule has 0 spiro atoms. The van der Waals surface area contributed by atoms with Crippen molar-refractivity contribution >= 4 is 10.0 Å². The van der Waals surface area contributed by atoms with Gasteiger partial charge in [0.2, 0.25) is 10.0 Å². The minimum atomic E-state index is -3.43. The molecule has 0 aromatic heterocycles. The molecule has 0 saturated heterocycles. The van der Waals surface area contributed by atoms with Crippen LogP contribution < -0.4 is 10.0 Å². The third-order valence-corrected chi connectivity index (χ3v) is 3.73. The van der Waals surface area contributed by atoms with Gasteiger partial charge in [0.25, 0.3) is 0 Å². The van der Waals surface area contributed by atoms with Crippen LogP contribution >= 0.6 is 0 Å². The van der Waals surface area contributed by atoms with Gasteiger partial charge in [-0.1, -0.05) is 19.9 Å². The van der Waals surface area contributed by atoms with Crippen LogP contribution in [0.5, 0.6) is 0 Å². The highest BCUT2D eigenvalue weighted by Gasteiger charge is 2.10. The summed E-state index contributed by atoms with van der Waals surface area (Å²) in [5.74, 6) is -2.00. The maximum absolute atomic E-state index is 12.9. The van der Waals surface area contributed by atoms with Crippen molar-refractivity contribution in [2.24, 2.45) is 0 Å². The summed E-state index contributed by atoms with van der Waals surface area (Å²) in [6, 6.07) is 3.50. The first kappa shape index (κ1) is 16.0. The first-order valence-corrected chi connectivity index (χ1v) is 7.60. The number of hydrogen-bond donors (Lipinski definition) is 2. The van der Waals surface area contributed by atoms with Gasteiger partial charge in [-0.3, -0.25) is 0 Å². The molecule has 108 valence electrons. The molecular weight excluding hydrogens is 274 g/mol. The number of nitrogens with one attached hydrogen (secondary N) is 2. The van der Waals surface area contributed by atoms with Crippen molar-refractivity contribution in [1.29, 1.82) is 0 Å². The van der Waals surface area contributed by atoms with Crippen molar-refractivity contribution in [3.05, 3.63) is 35.4 Å². The first-order valence-electron chi connectivity index (χ1n) is 5.95. The Morgan fingerprint density at radius 3 is 2.47 bits per heavy atom. The Hall–Kier alpha value is -1.05. The van der Waals surface area contributed by atoms with Crippen molar-refractivity contribution in [2.75, 3.05) is 12.3 Å². The van der Waals surface area contributed by atoms with Crippen LogP contribution in [0.25, 0.3) is 0 Å². The zero-order valence-electron chi connectivity index (χ0n) is 10.9. The Morgan fingerprint density at radius 1 is 1.21 bits per heavy atom. The number of rotatable bonds is 7. The van der Waals surface area contributed by atoms with E-state index in [0.717, 1.165) is 12.1 Å². The quantitative estimate of drug-likeness (QED) is 0.798. The van der Waals surface area contributed by atoms with E-state index in [0.29, 0.717) is 12.1 Å². The van der Waals surface area contributed by atoms with Gasteiger partial charge < -0.3 is 5.32 Å². The molecular formula is C12H18F2N2O2S. The van der Waals surface area contributed by atoms with E-state index in [2.05, 4.69) is 10.0 Å². The molecule has 4 nitrogen and oxygen atoms in total. The Morgan fingerprint density at radius 2 is 1.89 bits per heavy atom. The Balaban J connectivity index is 2.48. The summed E-state index contributed by atoms with van der Waals surface area (Å²) < 4.78 is 51.2. The van der Waals surface area contributed by atoms with E-state index >= 15 is 0 Å². The molecule has 0 heterocycles. The molecule has 0 atom stereocenters. The van der Waals surface area contributed by atoms with E-state index in [-0.39, 0.29) is 18.3 Å². The van der Waals surface area contributed by atoms with Crippen LogP contribution in [-0.4, -0.2) is 26.8 Å². The molecule has 0 amide bonds. The van der Waals surface area contributed by atoms with Gasteiger partial charge in [-0.05, 0) is 17.7 Å². The van der Waals surface area contributed by atoms with Crippen LogP contribution in [0.2, 0.25) is 0 Å². The van der Waals surface area contributed by atoms with Crippen LogP contribution in [0.15, 0.2) is 18.2 Å². The fraction of sp³-hybridized carbons (Fsp3) is 0.500. The summed E-state index contributed by atoms with van der Waals surface area (Å²) in [5.41, 5.74) is 0.374. The molecule has 0 unspecified atom stereocenters. The molecule has 2 N–H and O–H groups in total. The van der Waals surface area contributed by atoms with Crippen LogP contribution in [0.1, 0.15) is 19.4 Å². The van der Waals surface area contributed by atoms with Gasteiger partial charge in [-0.2, -0.15) is 0 Å². The van der Waals surface area contributed by atoms with Gasteiger partial charge in [-0.15, -0.1) is 0 Å². The maximum atomic E-state index is 12.9. The lowest BCUT2D eigenvalue weighted by Crippen LogP contribution is -2.34. The molecule has 0 fully saturated rings. The molecule has 1 aromatic rings. The third kappa shape index (κ3) is 6.09. The van der Waals surface area contributed by atoms with Gasteiger partial charge in [0, 0.05) is 19.1 Å². The lowest BCUT2D eigenvalue weighted by atomic mass is 10.2. The second kappa shape index (κ2) is 6.93. The Kier molecular flexibility index (Phi) is 5.84. The zero-order valence-corrected chi connectivity index (χ0v) is 11.7. The fourth-order valence-corrected chi connectivity index (χ4v) is 2.31. The molecule has 1 aromatic carbocycles. The average molecular weight is 292 g/mol. The minimum absolute atomic E-state index is 0.0544. The number of hydrogen-bond acceptors (Lipinski definition) is 3. The summed E-state index contributed by atoms with van der Waals surface area (Å²) in [6.45, 7) is 4.12. The lowest BCUT2D eigenvalue weighted by Gasteiger charge is -2.10. The van der Waals surface area contributed by atoms with Crippen LogP contribution in [0, 0.1) is 11.6 Å². The van der Waals surface area contributed by atoms with Crippen molar-refractivity contribution in [3.63, 3.8) is 0 Å². The number of benzene rings is 1. The van der Waals surface area contributed by atoms with Crippen molar-refractivity contribution in [3.8, 4) is 0 Å². The van der Waals surface area contributed by atoms with Gasteiger partial charge in [-0.25, -0.2) is 21.9 Å². The lowest BCUT2D eigenvalue weighted by molar-refractivity contribution is 0.506. The Bertz CT molecular complexity index is 518. The van der Waals surface area contributed by atoms with E-state index in [1.54, 1.807) is 0 Å². The fourth-order valence-electron chi connectivity index (χ4n) is 1.40. The van der Waals surface area contributed by atoms with Crippen LogP contribution in [0.4, 0.5) is 8.78 Å². The topological polar surface area (TPSA) is 58.2 Å². The predicted molar refractivity (Wildman–Crippen MR) is 70.1 cm³/mol. The van der Waals surface area contributed by atoms with Crippen LogP contribution in [0.3, 0.4) is 0 Å². The normalized spacial score (nSPS) is 12.1. The van der Waals surface area contributed by atoms with Gasteiger partial charge in [0.15, 0.2) is 11.6 Å². The third-order valence-electron chi connectivity index (χ3n) is 2.40. The second-order valence-electron chi connectivity index (χ2n) is 4.50. The van der Waals surface area contributed by atoms with Gasteiger partial charge >= 0.3 is 0 Å². The summed E-state index contributed by atoms with van der Waals surface area (Å²) in [4.78, 5) is 0. The van der Waals surface area contributed by atoms with Crippen molar-refractivity contribution in [2.45, 2.75) is 26.4 Å². The molecule has 19 heavy (non-hydrogen) atoms. The standard InChI is InChI=1S/C12H18F2N2O2S/c1-9(2)15-5-6-19(17,18)16-8-10-3-4-11(13)12(14)7-10/h3-4,7,9,15-16H,5-6,8H2,1-2H3. The first-order chi connectivity index (χ1) is 8.80. The molecule has 0 saturated carbocycles. The minimum Gasteiger partial charge on any atom is -0.313 e. The van der Waals surface area contributed by atoms with E-state index in [9.17, 15) is 17.2 Å². The maximum Gasteiger partial charge on any atom is 0.213 e. The summed E-state index contributed by atoms with van der Waals surface area (Å²) >= 11 is 0. The smallest absolute Gasteiger partial charge is 0.213 e. The van der Waals surface area contributed by atoms with E-state index < -0.39 is 21.7 Å². The van der Waals surface area contributed by atoms with Crippen LogP contribution in [-0.2, 0) is 16.6 Å². The monoisotopic (exact) mass is 292 g/mol. The van der Waals surface area contributed by atoms with Gasteiger partial charge in [0.1, 0.15) is 0 Å². The molecule has 0 aliphatic rings. The number of sulfonamides is 1. The largest absolute Gasteiger partial charge is 0.313 e. The highest BCUT2D eigenvalue weighted by Crippen LogP contribution is 2.08. The van der Waals surface area contributed by atoms with Gasteiger partial charge in [0.05, 0.1) is 5.75 Å². The van der Waals surface area contributed by atoms with E-state index in [4.69, 9.17) is 0 Å².